The van der Waals surface area contributed by atoms with Gasteiger partial charge in [0.05, 0.1) is 6.04 Å². The predicted octanol–water partition coefficient (Wildman–Crippen LogP) is 1.49. The van der Waals surface area contributed by atoms with Crippen LogP contribution in [0.3, 0.4) is 0 Å². The summed E-state index contributed by atoms with van der Waals surface area (Å²) >= 11 is 0. The zero-order valence-corrected chi connectivity index (χ0v) is 12.2. The van der Waals surface area contributed by atoms with Crippen molar-refractivity contribution < 1.29 is 4.79 Å². The van der Waals surface area contributed by atoms with E-state index in [1.165, 1.54) is 25.7 Å². The van der Waals surface area contributed by atoms with Crippen molar-refractivity contribution in [3.05, 3.63) is 0 Å². The van der Waals surface area contributed by atoms with Crippen molar-refractivity contribution in [2.24, 2.45) is 5.73 Å². The van der Waals surface area contributed by atoms with Gasteiger partial charge in [-0.25, -0.2) is 0 Å². The highest BCUT2D eigenvalue weighted by Crippen LogP contribution is 2.33. The van der Waals surface area contributed by atoms with E-state index in [9.17, 15) is 4.79 Å². The van der Waals surface area contributed by atoms with Gasteiger partial charge in [-0.05, 0) is 33.4 Å². The van der Waals surface area contributed by atoms with Gasteiger partial charge in [0.15, 0.2) is 0 Å². The first-order chi connectivity index (χ1) is 8.52. The van der Waals surface area contributed by atoms with E-state index in [4.69, 9.17) is 5.73 Å². The molecule has 0 aliphatic heterocycles. The topological polar surface area (TPSA) is 58.4 Å². The first-order valence-corrected chi connectivity index (χ1v) is 7.22. The monoisotopic (exact) mass is 255 g/mol. The summed E-state index contributed by atoms with van der Waals surface area (Å²) in [4.78, 5) is 14.2. The Balaban J connectivity index is 2.40. The molecule has 1 amide bonds. The van der Waals surface area contributed by atoms with Gasteiger partial charge >= 0.3 is 0 Å². The molecule has 0 aromatic rings. The van der Waals surface area contributed by atoms with Crippen molar-refractivity contribution >= 4 is 5.91 Å². The molecule has 4 heteroatoms. The Hall–Kier alpha value is -0.610. The van der Waals surface area contributed by atoms with Gasteiger partial charge in [-0.3, -0.25) is 4.79 Å². The van der Waals surface area contributed by atoms with Crippen LogP contribution in [0.1, 0.15) is 51.9 Å². The van der Waals surface area contributed by atoms with E-state index in [1.807, 2.05) is 0 Å². The van der Waals surface area contributed by atoms with Gasteiger partial charge in [0.25, 0.3) is 0 Å². The molecular formula is C14H29N3O. The first kappa shape index (κ1) is 15.4. The quantitative estimate of drug-likeness (QED) is 0.725. The lowest BCUT2D eigenvalue weighted by atomic mass is 9.95. The van der Waals surface area contributed by atoms with Crippen LogP contribution in [0.4, 0.5) is 0 Å². The first-order valence-electron chi connectivity index (χ1n) is 7.22. The van der Waals surface area contributed by atoms with Gasteiger partial charge in [-0.2, -0.15) is 0 Å². The number of nitrogens with zero attached hydrogens (tertiary/aromatic N) is 1. The summed E-state index contributed by atoms with van der Waals surface area (Å²) in [6.45, 7) is 2.85. The Morgan fingerprint density at radius 1 is 1.39 bits per heavy atom. The molecule has 1 aliphatic carbocycles. The summed E-state index contributed by atoms with van der Waals surface area (Å²) < 4.78 is 0. The lowest BCUT2D eigenvalue weighted by molar-refractivity contribution is -0.123. The minimum Gasteiger partial charge on any atom is -0.353 e. The lowest BCUT2D eigenvalue weighted by Crippen LogP contribution is -2.53. The van der Waals surface area contributed by atoms with E-state index in [2.05, 4.69) is 31.2 Å². The Labute approximate surface area is 111 Å². The van der Waals surface area contributed by atoms with E-state index in [0.717, 1.165) is 25.8 Å². The van der Waals surface area contributed by atoms with Crippen LogP contribution in [0, 0.1) is 0 Å². The van der Waals surface area contributed by atoms with Gasteiger partial charge in [0.2, 0.25) is 5.91 Å². The molecule has 18 heavy (non-hydrogen) atoms. The predicted molar refractivity (Wildman–Crippen MR) is 75.4 cm³/mol. The van der Waals surface area contributed by atoms with Crippen LogP contribution in [-0.2, 0) is 4.79 Å². The molecule has 3 N–H and O–H groups in total. The Morgan fingerprint density at radius 3 is 2.50 bits per heavy atom. The highest BCUT2D eigenvalue weighted by Gasteiger charge is 2.36. The van der Waals surface area contributed by atoms with Crippen LogP contribution in [0.15, 0.2) is 0 Å². The van der Waals surface area contributed by atoms with Crippen LogP contribution >= 0.6 is 0 Å². The molecule has 1 aliphatic rings. The van der Waals surface area contributed by atoms with E-state index in [-0.39, 0.29) is 17.5 Å². The normalized spacial score (nSPS) is 20.1. The zero-order valence-electron chi connectivity index (χ0n) is 12.2. The van der Waals surface area contributed by atoms with Crippen molar-refractivity contribution in [1.29, 1.82) is 0 Å². The molecule has 1 rings (SSSR count). The number of carbonyl (C=O) groups is 1. The van der Waals surface area contributed by atoms with Gasteiger partial charge in [0, 0.05) is 12.1 Å². The molecule has 0 heterocycles. The largest absolute Gasteiger partial charge is 0.353 e. The standard InChI is InChI=1S/C14H29N3O/c1-4-5-8-12(15)13(18)16-11-14(17(2)3)9-6-7-10-14/h12H,4-11,15H2,1-3H3,(H,16,18)/t12-/m0/s1. The highest BCUT2D eigenvalue weighted by molar-refractivity contribution is 5.81. The van der Waals surface area contributed by atoms with Crippen LogP contribution in [0.5, 0.6) is 0 Å². The number of nitrogens with one attached hydrogen (secondary N) is 1. The van der Waals surface area contributed by atoms with Crippen LogP contribution < -0.4 is 11.1 Å². The van der Waals surface area contributed by atoms with Crippen molar-refractivity contribution in [1.82, 2.24) is 10.2 Å². The van der Waals surface area contributed by atoms with E-state index < -0.39 is 0 Å². The average Bonchev–Trinajstić information content (AvgIpc) is 2.83. The maximum absolute atomic E-state index is 11.9. The number of unbranched alkanes of at least 4 members (excludes halogenated alkanes) is 1. The molecule has 0 spiro atoms. The van der Waals surface area contributed by atoms with Crippen molar-refractivity contribution in [2.45, 2.75) is 63.5 Å². The number of rotatable bonds is 7. The summed E-state index contributed by atoms with van der Waals surface area (Å²) in [5.41, 5.74) is 6.03. The van der Waals surface area contributed by atoms with Crippen molar-refractivity contribution in [2.75, 3.05) is 20.6 Å². The zero-order chi connectivity index (χ0) is 13.6. The SMILES string of the molecule is CCCC[C@H](N)C(=O)NCC1(N(C)C)CCCC1. The average molecular weight is 255 g/mol. The Kier molecular flexibility index (Phi) is 6.09. The van der Waals surface area contributed by atoms with Gasteiger partial charge in [-0.15, -0.1) is 0 Å². The second-order valence-corrected chi connectivity index (χ2v) is 5.79. The lowest BCUT2D eigenvalue weighted by Gasteiger charge is -2.36. The number of likely N-dealkylation sites (N-methyl/N-ethyl adjacent to an activating group) is 1. The van der Waals surface area contributed by atoms with Gasteiger partial charge in [-0.1, -0.05) is 32.6 Å². The second-order valence-electron chi connectivity index (χ2n) is 5.79. The van der Waals surface area contributed by atoms with Gasteiger partial charge in [0.1, 0.15) is 0 Å². The van der Waals surface area contributed by atoms with E-state index in [0.29, 0.717) is 0 Å². The number of carbonyl (C=O) groups excluding carboxylic acids is 1. The number of amides is 1. The summed E-state index contributed by atoms with van der Waals surface area (Å²) in [5.74, 6) is 0.0107. The fourth-order valence-corrected chi connectivity index (χ4v) is 2.75. The van der Waals surface area contributed by atoms with E-state index in [1.54, 1.807) is 0 Å². The summed E-state index contributed by atoms with van der Waals surface area (Å²) in [6.07, 6.45) is 7.76. The molecule has 4 nitrogen and oxygen atoms in total. The maximum Gasteiger partial charge on any atom is 0.236 e. The molecule has 1 atom stereocenters. The molecule has 1 saturated carbocycles. The number of nitrogens with two attached hydrogens (primary N) is 1. The van der Waals surface area contributed by atoms with Crippen LogP contribution in [-0.4, -0.2) is 43.0 Å². The van der Waals surface area contributed by atoms with Crippen LogP contribution in [0.2, 0.25) is 0 Å². The molecule has 0 bridgehead atoms. The molecule has 0 unspecified atom stereocenters. The molecule has 0 radical (unpaired) electrons. The summed E-state index contributed by atoms with van der Waals surface area (Å²) in [6, 6.07) is -0.342. The summed E-state index contributed by atoms with van der Waals surface area (Å²) in [5, 5.41) is 3.05. The summed E-state index contributed by atoms with van der Waals surface area (Å²) in [7, 11) is 4.21. The molecule has 0 saturated heterocycles. The molecule has 106 valence electrons. The number of hydrogen-bond donors (Lipinski definition) is 2. The minimum atomic E-state index is -0.342. The maximum atomic E-state index is 11.9. The third kappa shape index (κ3) is 3.95. The van der Waals surface area contributed by atoms with Crippen molar-refractivity contribution in [3.63, 3.8) is 0 Å². The van der Waals surface area contributed by atoms with Crippen molar-refractivity contribution in [3.8, 4) is 0 Å². The molecule has 0 aromatic carbocycles. The molecular weight excluding hydrogens is 226 g/mol. The third-order valence-electron chi connectivity index (χ3n) is 4.28. The Morgan fingerprint density at radius 2 is 2.00 bits per heavy atom. The fourth-order valence-electron chi connectivity index (χ4n) is 2.75. The molecule has 0 aromatic heterocycles. The minimum absolute atomic E-state index is 0.0107. The van der Waals surface area contributed by atoms with E-state index >= 15 is 0 Å². The smallest absolute Gasteiger partial charge is 0.236 e. The van der Waals surface area contributed by atoms with Gasteiger partial charge < -0.3 is 16.0 Å². The number of hydrogen-bond acceptors (Lipinski definition) is 3. The third-order valence-corrected chi connectivity index (χ3v) is 4.28. The van der Waals surface area contributed by atoms with Crippen LogP contribution in [0.25, 0.3) is 0 Å². The fraction of sp³-hybridized carbons (Fsp3) is 0.929. The second kappa shape index (κ2) is 7.10. The highest BCUT2D eigenvalue weighted by atomic mass is 16.2. The molecule has 1 fully saturated rings. The Bertz CT molecular complexity index is 260.